The van der Waals surface area contributed by atoms with Gasteiger partial charge in [0.1, 0.15) is 11.6 Å². The number of aliphatic imine (C=N–C) groups is 1. The highest BCUT2D eigenvalue weighted by atomic mass is 16.2. The molecule has 2 aliphatic rings. The number of likely N-dealkylation sites (tertiary alicyclic amines) is 1. The number of hydrogen-bond donors (Lipinski definition) is 2. The number of aromatic nitrogens is 3. The molecule has 0 bridgehead atoms. The van der Waals surface area contributed by atoms with Crippen LogP contribution >= 0.6 is 0 Å². The van der Waals surface area contributed by atoms with Gasteiger partial charge in [0.05, 0.1) is 0 Å². The summed E-state index contributed by atoms with van der Waals surface area (Å²) < 4.78 is 2.33. The smallest absolute Gasteiger partial charge is 0.225 e. The zero-order valence-corrected chi connectivity index (χ0v) is 18.3. The number of rotatable bonds is 6. The Bertz CT molecular complexity index is 689. The van der Waals surface area contributed by atoms with Gasteiger partial charge in [-0.25, -0.2) is 0 Å². The highest BCUT2D eigenvalue weighted by Gasteiger charge is 2.24. The number of carbonyl (C=O) groups is 1. The van der Waals surface area contributed by atoms with E-state index in [-0.39, 0.29) is 11.8 Å². The molecular formula is C21H37N7O. The number of hydrogen-bond acceptors (Lipinski definition) is 4. The Balaban J connectivity index is 1.37. The molecule has 1 saturated heterocycles. The predicted molar refractivity (Wildman–Crippen MR) is 115 cm³/mol. The Kier molecular flexibility index (Phi) is 7.89. The lowest BCUT2D eigenvalue weighted by atomic mass is 10.0. The van der Waals surface area contributed by atoms with E-state index in [9.17, 15) is 4.79 Å². The largest absolute Gasteiger partial charge is 0.356 e. The van der Waals surface area contributed by atoms with Gasteiger partial charge >= 0.3 is 0 Å². The van der Waals surface area contributed by atoms with Gasteiger partial charge in [-0.1, -0.05) is 20.3 Å². The molecule has 0 aliphatic carbocycles. The summed E-state index contributed by atoms with van der Waals surface area (Å²) in [5.74, 6) is 3.46. The van der Waals surface area contributed by atoms with Gasteiger partial charge in [0.25, 0.3) is 0 Å². The molecule has 0 unspecified atom stereocenters. The van der Waals surface area contributed by atoms with E-state index in [4.69, 9.17) is 0 Å². The first-order chi connectivity index (χ1) is 14.1. The van der Waals surface area contributed by atoms with E-state index in [0.717, 1.165) is 75.9 Å². The van der Waals surface area contributed by atoms with Gasteiger partial charge in [0.2, 0.25) is 5.91 Å². The number of carbonyl (C=O) groups excluding carboxylic acids is 1. The predicted octanol–water partition coefficient (Wildman–Crippen LogP) is 1.75. The topological polar surface area (TPSA) is 87.4 Å². The first kappa shape index (κ1) is 21.6. The van der Waals surface area contributed by atoms with Crippen molar-refractivity contribution in [1.29, 1.82) is 0 Å². The van der Waals surface area contributed by atoms with Crippen molar-refractivity contribution in [1.82, 2.24) is 30.3 Å². The average Bonchev–Trinajstić information content (AvgIpc) is 2.95. The number of piperidine rings is 1. The van der Waals surface area contributed by atoms with Crippen molar-refractivity contribution in [2.24, 2.45) is 10.9 Å². The molecule has 1 fully saturated rings. The normalized spacial score (nSPS) is 18.5. The molecule has 162 valence electrons. The maximum absolute atomic E-state index is 12.1. The van der Waals surface area contributed by atoms with Crippen molar-refractivity contribution >= 4 is 11.9 Å². The third-order valence-electron chi connectivity index (χ3n) is 5.92. The third-order valence-corrected chi connectivity index (χ3v) is 5.92. The molecule has 29 heavy (non-hydrogen) atoms. The summed E-state index contributed by atoms with van der Waals surface area (Å²) in [7, 11) is 1.81. The molecule has 3 heterocycles. The number of guanidine groups is 1. The summed E-state index contributed by atoms with van der Waals surface area (Å²) in [6.45, 7) is 7.50. The molecule has 0 atom stereocenters. The van der Waals surface area contributed by atoms with Crippen molar-refractivity contribution in [3.8, 4) is 0 Å². The lowest BCUT2D eigenvalue weighted by Crippen LogP contribution is -2.50. The lowest BCUT2D eigenvalue weighted by Gasteiger charge is -2.34. The van der Waals surface area contributed by atoms with E-state index < -0.39 is 0 Å². The molecule has 0 radical (unpaired) electrons. The fourth-order valence-corrected chi connectivity index (χ4v) is 4.18. The van der Waals surface area contributed by atoms with Gasteiger partial charge in [0.15, 0.2) is 5.96 Å². The van der Waals surface area contributed by atoms with E-state index in [1.807, 2.05) is 25.8 Å². The fraction of sp³-hybridized carbons (Fsp3) is 0.810. The summed E-state index contributed by atoms with van der Waals surface area (Å²) in [6, 6.07) is 0.365. The minimum atomic E-state index is 0.0780. The summed E-state index contributed by atoms with van der Waals surface area (Å²) in [5, 5.41) is 15.7. The van der Waals surface area contributed by atoms with Crippen molar-refractivity contribution in [3.05, 3.63) is 11.6 Å². The molecule has 0 spiro atoms. The Hall–Kier alpha value is -2.12. The monoisotopic (exact) mass is 403 g/mol. The Labute approximate surface area is 174 Å². The molecule has 0 saturated carbocycles. The second kappa shape index (κ2) is 10.6. The molecular weight excluding hydrogens is 366 g/mol. The Morgan fingerprint density at radius 2 is 1.97 bits per heavy atom. The summed E-state index contributed by atoms with van der Waals surface area (Å²) in [4.78, 5) is 18.5. The summed E-state index contributed by atoms with van der Waals surface area (Å²) in [5.41, 5.74) is 0. The summed E-state index contributed by atoms with van der Waals surface area (Å²) >= 11 is 0. The van der Waals surface area contributed by atoms with Crippen molar-refractivity contribution in [3.63, 3.8) is 0 Å². The SMILES string of the molecule is CN=C(NCCCc1nnc2n1CCCCC2)NC1CCN(C(=O)C(C)C)CC1. The van der Waals surface area contributed by atoms with Crippen molar-refractivity contribution in [2.45, 2.75) is 77.8 Å². The van der Waals surface area contributed by atoms with Crippen LogP contribution < -0.4 is 10.6 Å². The van der Waals surface area contributed by atoms with Gasteiger partial charge < -0.3 is 20.1 Å². The molecule has 8 heteroatoms. The molecule has 3 rings (SSSR count). The first-order valence-corrected chi connectivity index (χ1v) is 11.3. The van der Waals surface area contributed by atoms with Crippen LogP contribution in [0.4, 0.5) is 0 Å². The van der Waals surface area contributed by atoms with Crippen LogP contribution in [0, 0.1) is 5.92 Å². The molecule has 1 amide bonds. The number of fused-ring (bicyclic) bond motifs is 1. The maximum Gasteiger partial charge on any atom is 0.225 e. The van der Waals surface area contributed by atoms with Gasteiger partial charge in [-0.2, -0.15) is 0 Å². The van der Waals surface area contributed by atoms with E-state index in [1.54, 1.807) is 0 Å². The number of nitrogens with one attached hydrogen (secondary N) is 2. The molecule has 2 aliphatic heterocycles. The van der Waals surface area contributed by atoms with Crippen LogP contribution in [0.3, 0.4) is 0 Å². The van der Waals surface area contributed by atoms with Crippen LogP contribution in [0.2, 0.25) is 0 Å². The summed E-state index contributed by atoms with van der Waals surface area (Å²) in [6.07, 6.45) is 8.67. The van der Waals surface area contributed by atoms with Crippen LogP contribution in [0.1, 0.15) is 64.0 Å². The molecule has 1 aromatic heterocycles. The van der Waals surface area contributed by atoms with Crippen molar-refractivity contribution < 1.29 is 4.79 Å². The minimum absolute atomic E-state index is 0.0780. The second-order valence-electron chi connectivity index (χ2n) is 8.50. The Morgan fingerprint density at radius 3 is 2.69 bits per heavy atom. The number of amides is 1. The number of nitrogens with zero attached hydrogens (tertiary/aromatic N) is 5. The van der Waals surface area contributed by atoms with Gasteiger partial charge in [-0.15, -0.1) is 10.2 Å². The highest BCUT2D eigenvalue weighted by molar-refractivity contribution is 5.80. The molecule has 0 aromatic carbocycles. The molecule has 8 nitrogen and oxygen atoms in total. The van der Waals surface area contributed by atoms with Crippen LogP contribution in [-0.2, 0) is 24.2 Å². The molecule has 1 aromatic rings. The second-order valence-corrected chi connectivity index (χ2v) is 8.50. The zero-order chi connectivity index (χ0) is 20.6. The standard InChI is InChI=1S/C21H37N7O/c1-16(2)20(29)27-14-10-17(11-15-27)24-21(22-3)23-12-7-9-19-26-25-18-8-5-4-6-13-28(18)19/h16-17H,4-15H2,1-3H3,(H2,22,23,24). The first-order valence-electron chi connectivity index (χ1n) is 11.3. The van der Waals surface area contributed by atoms with E-state index in [0.29, 0.717) is 6.04 Å². The minimum Gasteiger partial charge on any atom is -0.356 e. The van der Waals surface area contributed by atoms with E-state index >= 15 is 0 Å². The quantitative estimate of drug-likeness (QED) is 0.429. The van der Waals surface area contributed by atoms with Gasteiger partial charge in [0, 0.05) is 58.0 Å². The Morgan fingerprint density at radius 1 is 1.17 bits per heavy atom. The zero-order valence-electron chi connectivity index (χ0n) is 18.3. The van der Waals surface area contributed by atoms with Gasteiger partial charge in [-0.05, 0) is 32.1 Å². The maximum atomic E-state index is 12.1. The highest BCUT2D eigenvalue weighted by Crippen LogP contribution is 2.15. The molecule has 2 N–H and O–H groups in total. The van der Waals surface area contributed by atoms with Gasteiger partial charge in [-0.3, -0.25) is 9.79 Å². The van der Waals surface area contributed by atoms with E-state index in [2.05, 4.69) is 30.4 Å². The lowest BCUT2D eigenvalue weighted by molar-refractivity contribution is -0.135. The van der Waals surface area contributed by atoms with Crippen LogP contribution in [0.15, 0.2) is 4.99 Å². The number of aryl methyl sites for hydroxylation is 2. The van der Waals surface area contributed by atoms with Crippen LogP contribution in [0.25, 0.3) is 0 Å². The van der Waals surface area contributed by atoms with E-state index in [1.165, 1.54) is 19.3 Å². The average molecular weight is 404 g/mol. The third kappa shape index (κ3) is 5.93. The fourth-order valence-electron chi connectivity index (χ4n) is 4.18. The van der Waals surface area contributed by atoms with Crippen molar-refractivity contribution in [2.75, 3.05) is 26.7 Å². The van der Waals surface area contributed by atoms with Crippen LogP contribution in [0.5, 0.6) is 0 Å². The van der Waals surface area contributed by atoms with Crippen LogP contribution in [-0.4, -0.2) is 64.3 Å².